The van der Waals surface area contributed by atoms with Gasteiger partial charge in [0.25, 0.3) is 0 Å². The van der Waals surface area contributed by atoms with Crippen molar-refractivity contribution in [2.75, 3.05) is 18.5 Å². The van der Waals surface area contributed by atoms with Crippen molar-refractivity contribution in [3.05, 3.63) is 24.4 Å². The van der Waals surface area contributed by atoms with Crippen molar-refractivity contribution in [2.45, 2.75) is 28.9 Å². The van der Waals surface area contributed by atoms with E-state index < -0.39 is 10.0 Å². The highest BCUT2D eigenvalue weighted by Crippen LogP contribution is 2.42. The molecule has 0 spiro atoms. The maximum absolute atomic E-state index is 12.5. The van der Waals surface area contributed by atoms with Crippen LogP contribution in [0.4, 0.5) is 5.69 Å². The smallest absolute Gasteiger partial charge is 0.242 e. The Balaban J connectivity index is 1.86. The second-order valence-corrected chi connectivity index (χ2v) is 8.53. The Morgan fingerprint density at radius 3 is 2.81 bits per heavy atom. The molecule has 1 aliphatic rings. The highest BCUT2D eigenvalue weighted by atomic mass is 32.2. The van der Waals surface area contributed by atoms with Gasteiger partial charge in [0.2, 0.25) is 10.0 Å². The SMILES string of the molecule is CSC1(CNS(=O)(=O)c2c[nH]c3cc(N)ccc23)CCC1. The largest absolute Gasteiger partial charge is 0.399 e. The third-order valence-electron chi connectivity index (χ3n) is 4.24. The molecule has 1 heterocycles. The van der Waals surface area contributed by atoms with E-state index in [0.717, 1.165) is 18.4 Å². The van der Waals surface area contributed by atoms with E-state index in [0.29, 0.717) is 17.6 Å². The fourth-order valence-corrected chi connectivity index (χ4v) is 4.98. The van der Waals surface area contributed by atoms with Crippen LogP contribution in [0.5, 0.6) is 0 Å². The van der Waals surface area contributed by atoms with Gasteiger partial charge in [-0.2, -0.15) is 11.8 Å². The zero-order valence-corrected chi connectivity index (χ0v) is 13.5. The second-order valence-electron chi connectivity index (χ2n) is 5.52. The summed E-state index contributed by atoms with van der Waals surface area (Å²) in [5.74, 6) is 0. The number of H-pyrrole nitrogens is 1. The highest BCUT2D eigenvalue weighted by Gasteiger charge is 2.37. The number of benzene rings is 1. The first-order valence-corrected chi connectivity index (χ1v) is 9.58. The first-order chi connectivity index (χ1) is 9.96. The maximum Gasteiger partial charge on any atom is 0.242 e. The number of nitrogens with two attached hydrogens (primary N) is 1. The molecule has 5 nitrogen and oxygen atoms in total. The number of thioether (sulfide) groups is 1. The van der Waals surface area contributed by atoms with Crippen LogP contribution in [-0.2, 0) is 10.0 Å². The fourth-order valence-electron chi connectivity index (χ4n) is 2.67. The Bertz CT molecular complexity index is 758. The number of hydrogen-bond acceptors (Lipinski definition) is 4. The van der Waals surface area contributed by atoms with Crippen LogP contribution in [0.2, 0.25) is 0 Å². The summed E-state index contributed by atoms with van der Waals surface area (Å²) in [6.07, 6.45) is 6.89. The standard InChI is InChI=1S/C14H19N3O2S2/c1-20-14(5-2-6-14)9-17-21(18,19)13-8-16-12-7-10(15)3-4-11(12)13/h3-4,7-8,16-17H,2,5-6,9,15H2,1H3. The van der Waals surface area contributed by atoms with Crippen molar-refractivity contribution in [1.29, 1.82) is 0 Å². The molecule has 0 atom stereocenters. The molecule has 114 valence electrons. The lowest BCUT2D eigenvalue weighted by molar-refractivity contribution is 0.362. The molecule has 1 aromatic carbocycles. The Morgan fingerprint density at radius 1 is 1.43 bits per heavy atom. The van der Waals surface area contributed by atoms with E-state index in [4.69, 9.17) is 5.73 Å². The van der Waals surface area contributed by atoms with Gasteiger partial charge in [0, 0.05) is 34.1 Å². The molecule has 0 radical (unpaired) electrons. The third kappa shape index (κ3) is 2.65. The van der Waals surface area contributed by atoms with Gasteiger partial charge in [-0.3, -0.25) is 0 Å². The van der Waals surface area contributed by atoms with Crippen LogP contribution in [0.1, 0.15) is 19.3 Å². The van der Waals surface area contributed by atoms with Gasteiger partial charge in [0.15, 0.2) is 0 Å². The first kappa shape index (κ1) is 14.7. The lowest BCUT2D eigenvalue weighted by atomic mass is 9.84. The number of sulfonamides is 1. The van der Waals surface area contributed by atoms with E-state index in [1.165, 1.54) is 12.6 Å². The van der Waals surface area contributed by atoms with Crippen LogP contribution in [0.25, 0.3) is 10.9 Å². The maximum atomic E-state index is 12.5. The summed E-state index contributed by atoms with van der Waals surface area (Å²) in [6, 6.07) is 5.19. The quantitative estimate of drug-likeness (QED) is 0.736. The molecule has 7 heteroatoms. The van der Waals surface area contributed by atoms with Crippen LogP contribution in [0, 0.1) is 0 Å². The molecule has 1 fully saturated rings. The first-order valence-electron chi connectivity index (χ1n) is 6.87. The Hall–Kier alpha value is -1.18. The van der Waals surface area contributed by atoms with Gasteiger partial charge < -0.3 is 10.7 Å². The number of nitrogens with one attached hydrogen (secondary N) is 2. The van der Waals surface area contributed by atoms with Crippen molar-refractivity contribution in [3.8, 4) is 0 Å². The predicted molar refractivity (Wildman–Crippen MR) is 88.0 cm³/mol. The Kier molecular flexibility index (Phi) is 3.67. The summed E-state index contributed by atoms with van der Waals surface area (Å²) in [5, 5.41) is 0.670. The van der Waals surface area contributed by atoms with Crippen molar-refractivity contribution in [3.63, 3.8) is 0 Å². The van der Waals surface area contributed by atoms with Gasteiger partial charge in [-0.25, -0.2) is 13.1 Å². The molecule has 1 saturated carbocycles. The number of fused-ring (bicyclic) bond motifs is 1. The molecular weight excluding hydrogens is 306 g/mol. The highest BCUT2D eigenvalue weighted by molar-refractivity contribution is 8.00. The number of aromatic nitrogens is 1. The number of aromatic amines is 1. The van der Waals surface area contributed by atoms with Crippen molar-refractivity contribution >= 4 is 38.4 Å². The summed E-state index contributed by atoms with van der Waals surface area (Å²) in [4.78, 5) is 3.26. The summed E-state index contributed by atoms with van der Waals surface area (Å²) in [7, 11) is -3.51. The van der Waals surface area contributed by atoms with Crippen molar-refractivity contribution < 1.29 is 8.42 Å². The third-order valence-corrected chi connectivity index (χ3v) is 7.10. The minimum atomic E-state index is -3.51. The van der Waals surface area contributed by atoms with Gasteiger partial charge in [0.1, 0.15) is 4.90 Å². The van der Waals surface area contributed by atoms with Gasteiger partial charge in [-0.05, 0) is 37.3 Å². The van der Waals surface area contributed by atoms with Crippen molar-refractivity contribution in [2.24, 2.45) is 0 Å². The molecule has 0 amide bonds. The average molecular weight is 325 g/mol. The molecular formula is C14H19N3O2S2. The van der Waals surface area contributed by atoms with Gasteiger partial charge in [0.05, 0.1) is 0 Å². The van der Waals surface area contributed by atoms with Crippen LogP contribution >= 0.6 is 11.8 Å². The molecule has 2 aromatic rings. The minimum absolute atomic E-state index is 0.0730. The molecule has 21 heavy (non-hydrogen) atoms. The van der Waals surface area contributed by atoms with E-state index in [-0.39, 0.29) is 9.64 Å². The topological polar surface area (TPSA) is 88.0 Å². The van der Waals surface area contributed by atoms with E-state index in [1.807, 2.05) is 6.26 Å². The summed E-state index contributed by atoms with van der Waals surface area (Å²) < 4.78 is 27.9. The number of rotatable bonds is 5. The molecule has 0 saturated heterocycles. The van der Waals surface area contributed by atoms with E-state index in [2.05, 4.69) is 9.71 Å². The fraction of sp³-hybridized carbons (Fsp3) is 0.429. The molecule has 1 aliphatic carbocycles. The molecule has 3 rings (SSSR count). The van der Waals surface area contributed by atoms with Crippen LogP contribution in [0.15, 0.2) is 29.3 Å². The van der Waals surface area contributed by atoms with Gasteiger partial charge in [-0.15, -0.1) is 0 Å². The molecule has 0 unspecified atom stereocenters. The minimum Gasteiger partial charge on any atom is -0.399 e. The molecule has 0 aliphatic heterocycles. The number of nitrogen functional groups attached to an aromatic ring is 1. The normalized spacial score (nSPS) is 17.8. The Morgan fingerprint density at radius 2 is 2.19 bits per heavy atom. The van der Waals surface area contributed by atoms with Gasteiger partial charge in [-0.1, -0.05) is 6.42 Å². The zero-order valence-electron chi connectivity index (χ0n) is 11.8. The summed E-state index contributed by atoms with van der Waals surface area (Å²) in [6.45, 7) is 0.484. The second kappa shape index (κ2) is 5.23. The van der Waals surface area contributed by atoms with Crippen LogP contribution < -0.4 is 10.5 Å². The summed E-state index contributed by atoms with van der Waals surface area (Å²) >= 11 is 1.75. The lowest BCUT2D eigenvalue weighted by Gasteiger charge is -2.40. The van der Waals surface area contributed by atoms with E-state index in [9.17, 15) is 8.42 Å². The predicted octanol–water partition coefficient (Wildman–Crippen LogP) is 2.31. The van der Waals surface area contributed by atoms with E-state index in [1.54, 1.807) is 30.0 Å². The Labute approximate surface area is 128 Å². The summed E-state index contributed by atoms with van der Waals surface area (Å²) in [5.41, 5.74) is 7.06. The molecule has 0 bridgehead atoms. The molecule has 1 aromatic heterocycles. The number of anilines is 1. The average Bonchev–Trinajstić information content (AvgIpc) is 2.81. The van der Waals surface area contributed by atoms with Crippen LogP contribution in [0.3, 0.4) is 0 Å². The van der Waals surface area contributed by atoms with Crippen LogP contribution in [-0.4, -0.2) is 30.9 Å². The van der Waals surface area contributed by atoms with Gasteiger partial charge >= 0.3 is 0 Å². The van der Waals surface area contributed by atoms with E-state index >= 15 is 0 Å². The van der Waals surface area contributed by atoms with Crippen molar-refractivity contribution in [1.82, 2.24) is 9.71 Å². The zero-order chi connectivity index (χ0) is 15.1. The number of hydrogen-bond donors (Lipinski definition) is 3. The lowest BCUT2D eigenvalue weighted by Crippen LogP contribution is -2.45. The monoisotopic (exact) mass is 325 g/mol. The molecule has 4 N–H and O–H groups in total.